The van der Waals surface area contributed by atoms with Crippen LogP contribution in [0.1, 0.15) is 25.7 Å². The Morgan fingerprint density at radius 1 is 1.40 bits per heavy atom. The van der Waals surface area contributed by atoms with Crippen molar-refractivity contribution in [3.05, 3.63) is 0 Å². The second-order valence-corrected chi connectivity index (χ2v) is 4.04. The van der Waals surface area contributed by atoms with Crippen molar-refractivity contribution in [3.8, 4) is 0 Å². The Morgan fingerprint density at radius 3 is 2.40 bits per heavy atom. The number of aliphatic hydroxyl groups excluding tert-OH is 1. The quantitative estimate of drug-likeness (QED) is 0.739. The van der Waals surface area contributed by atoms with Crippen LogP contribution in [0.15, 0.2) is 0 Å². The molecule has 1 fully saturated rings. The summed E-state index contributed by atoms with van der Waals surface area (Å²) in [5.74, 6) is -0.994. The fourth-order valence-corrected chi connectivity index (χ4v) is 1.46. The van der Waals surface area contributed by atoms with E-state index in [1.54, 1.807) is 0 Å². The highest BCUT2D eigenvalue weighted by molar-refractivity contribution is 5.76. The molecule has 0 saturated heterocycles. The summed E-state index contributed by atoms with van der Waals surface area (Å²) in [7, 11) is 0. The molecule has 88 valence electrons. The highest BCUT2D eigenvalue weighted by Crippen LogP contribution is 2.47. The van der Waals surface area contributed by atoms with E-state index >= 15 is 0 Å². The molecule has 1 rings (SSSR count). The summed E-state index contributed by atoms with van der Waals surface area (Å²) >= 11 is 0. The Labute approximate surface area is 85.7 Å². The maximum absolute atomic E-state index is 11.8. The van der Waals surface area contributed by atoms with Crippen molar-refractivity contribution >= 4 is 5.91 Å². The number of hydrogen-bond acceptors (Lipinski definition) is 2. The number of halogens is 3. The molecular weight excluding hydrogens is 211 g/mol. The summed E-state index contributed by atoms with van der Waals surface area (Å²) in [5.41, 5.74) is -0.143. The SMILES string of the molecule is O=C(CC(F)(F)F)NCC1(CCO)CC1. The third-order valence-corrected chi connectivity index (χ3v) is 2.62. The molecule has 0 radical (unpaired) electrons. The van der Waals surface area contributed by atoms with E-state index in [0.717, 1.165) is 12.8 Å². The zero-order chi connectivity index (χ0) is 11.5. The Balaban J connectivity index is 2.23. The third-order valence-electron chi connectivity index (χ3n) is 2.62. The second-order valence-electron chi connectivity index (χ2n) is 4.04. The van der Waals surface area contributed by atoms with E-state index in [1.807, 2.05) is 0 Å². The van der Waals surface area contributed by atoms with Gasteiger partial charge in [0.25, 0.3) is 0 Å². The molecule has 0 spiro atoms. The molecule has 0 atom stereocenters. The summed E-state index contributed by atoms with van der Waals surface area (Å²) in [5, 5.41) is 11.0. The molecule has 1 amide bonds. The van der Waals surface area contributed by atoms with Crippen LogP contribution in [-0.2, 0) is 4.79 Å². The van der Waals surface area contributed by atoms with Crippen molar-refractivity contribution in [1.29, 1.82) is 0 Å². The van der Waals surface area contributed by atoms with E-state index in [-0.39, 0.29) is 18.6 Å². The van der Waals surface area contributed by atoms with Crippen molar-refractivity contribution in [1.82, 2.24) is 5.32 Å². The van der Waals surface area contributed by atoms with E-state index < -0.39 is 18.5 Å². The highest BCUT2D eigenvalue weighted by Gasteiger charge is 2.42. The molecule has 0 unspecified atom stereocenters. The number of alkyl halides is 3. The molecule has 6 heteroatoms. The first-order valence-electron chi connectivity index (χ1n) is 4.81. The first kappa shape index (κ1) is 12.3. The predicted octanol–water partition coefficient (Wildman–Crippen LogP) is 1.22. The first-order chi connectivity index (χ1) is 6.87. The Hall–Kier alpha value is -0.780. The largest absolute Gasteiger partial charge is 0.397 e. The van der Waals surface area contributed by atoms with Gasteiger partial charge >= 0.3 is 6.18 Å². The highest BCUT2D eigenvalue weighted by atomic mass is 19.4. The molecule has 0 heterocycles. The molecule has 3 nitrogen and oxygen atoms in total. The first-order valence-corrected chi connectivity index (χ1v) is 4.81. The molecule has 2 N–H and O–H groups in total. The number of nitrogens with one attached hydrogen (secondary N) is 1. The van der Waals surface area contributed by atoms with Gasteiger partial charge in [-0.05, 0) is 24.7 Å². The molecule has 0 bridgehead atoms. The minimum Gasteiger partial charge on any atom is -0.396 e. The standard InChI is InChI=1S/C9H14F3NO2/c10-9(11,12)5-7(15)13-6-8(1-2-8)3-4-14/h14H,1-6H2,(H,13,15). The van der Waals surface area contributed by atoms with Gasteiger partial charge in [0.2, 0.25) is 5.91 Å². The summed E-state index contributed by atoms with van der Waals surface area (Å²) in [6, 6.07) is 0. The lowest BCUT2D eigenvalue weighted by molar-refractivity contribution is -0.153. The Kier molecular flexibility index (Phi) is 3.59. The van der Waals surface area contributed by atoms with Crippen molar-refractivity contribution in [2.24, 2.45) is 5.41 Å². The van der Waals surface area contributed by atoms with Crippen LogP contribution in [0.5, 0.6) is 0 Å². The zero-order valence-electron chi connectivity index (χ0n) is 8.23. The average molecular weight is 225 g/mol. The van der Waals surface area contributed by atoms with Gasteiger partial charge in [-0.1, -0.05) is 0 Å². The van der Waals surface area contributed by atoms with Crippen LogP contribution < -0.4 is 5.32 Å². The fraction of sp³-hybridized carbons (Fsp3) is 0.889. The van der Waals surface area contributed by atoms with E-state index in [1.165, 1.54) is 0 Å². The summed E-state index contributed by atoms with van der Waals surface area (Å²) in [4.78, 5) is 10.8. The van der Waals surface area contributed by atoms with Crippen molar-refractivity contribution in [3.63, 3.8) is 0 Å². The van der Waals surface area contributed by atoms with Crippen LogP contribution in [0.25, 0.3) is 0 Å². The third kappa shape index (κ3) is 4.51. The maximum atomic E-state index is 11.8. The Morgan fingerprint density at radius 2 is 2.00 bits per heavy atom. The van der Waals surface area contributed by atoms with Gasteiger partial charge in [-0.25, -0.2) is 0 Å². The molecule has 0 aliphatic heterocycles. The fourth-order valence-electron chi connectivity index (χ4n) is 1.46. The van der Waals surface area contributed by atoms with Gasteiger partial charge in [0.05, 0.1) is 0 Å². The van der Waals surface area contributed by atoms with Crippen LogP contribution in [0.3, 0.4) is 0 Å². The van der Waals surface area contributed by atoms with Gasteiger partial charge in [-0.2, -0.15) is 13.2 Å². The number of amides is 1. The molecule has 0 aromatic carbocycles. The van der Waals surface area contributed by atoms with Crippen molar-refractivity contribution in [2.75, 3.05) is 13.2 Å². The van der Waals surface area contributed by atoms with Crippen molar-refractivity contribution < 1.29 is 23.1 Å². The average Bonchev–Trinajstić information content (AvgIpc) is 2.80. The van der Waals surface area contributed by atoms with Gasteiger partial charge in [0, 0.05) is 13.2 Å². The van der Waals surface area contributed by atoms with Crippen LogP contribution in [0.4, 0.5) is 13.2 Å². The smallest absolute Gasteiger partial charge is 0.396 e. The summed E-state index contributed by atoms with van der Waals surface area (Å²) in [6.07, 6.45) is -3.61. The predicted molar refractivity (Wildman–Crippen MR) is 47.1 cm³/mol. The van der Waals surface area contributed by atoms with Crippen LogP contribution in [0.2, 0.25) is 0 Å². The van der Waals surface area contributed by atoms with Crippen LogP contribution in [0, 0.1) is 5.41 Å². The number of hydrogen-bond donors (Lipinski definition) is 2. The van der Waals surface area contributed by atoms with E-state index in [2.05, 4.69) is 5.32 Å². The van der Waals surface area contributed by atoms with Crippen molar-refractivity contribution in [2.45, 2.75) is 31.9 Å². The second kappa shape index (κ2) is 4.38. The lowest BCUT2D eigenvalue weighted by Crippen LogP contribution is -2.33. The van der Waals surface area contributed by atoms with Gasteiger partial charge in [-0.3, -0.25) is 4.79 Å². The maximum Gasteiger partial charge on any atom is 0.397 e. The number of rotatable bonds is 5. The molecule has 0 aromatic heterocycles. The van der Waals surface area contributed by atoms with Gasteiger partial charge in [-0.15, -0.1) is 0 Å². The summed E-state index contributed by atoms with van der Waals surface area (Å²) < 4.78 is 35.4. The Bertz CT molecular complexity index is 236. The normalized spacial score (nSPS) is 18.7. The molecule has 15 heavy (non-hydrogen) atoms. The lowest BCUT2D eigenvalue weighted by Gasteiger charge is -2.15. The molecule has 1 aliphatic carbocycles. The van der Waals surface area contributed by atoms with E-state index in [9.17, 15) is 18.0 Å². The van der Waals surface area contributed by atoms with Gasteiger partial charge in [0.15, 0.2) is 0 Å². The minimum atomic E-state index is -4.45. The van der Waals surface area contributed by atoms with Gasteiger partial charge < -0.3 is 10.4 Å². The van der Waals surface area contributed by atoms with Crippen LogP contribution >= 0.6 is 0 Å². The topological polar surface area (TPSA) is 49.3 Å². The van der Waals surface area contributed by atoms with Gasteiger partial charge in [0.1, 0.15) is 6.42 Å². The monoisotopic (exact) mass is 225 g/mol. The minimum absolute atomic E-state index is 0.00907. The van der Waals surface area contributed by atoms with E-state index in [4.69, 9.17) is 5.11 Å². The summed E-state index contributed by atoms with van der Waals surface area (Å²) in [6.45, 7) is 0.248. The number of carbonyl (C=O) groups excluding carboxylic acids is 1. The zero-order valence-corrected chi connectivity index (χ0v) is 8.23. The molecular formula is C9H14F3NO2. The van der Waals surface area contributed by atoms with E-state index in [0.29, 0.717) is 6.42 Å². The number of carbonyl (C=O) groups is 1. The molecule has 1 aliphatic rings. The molecule has 0 aromatic rings. The van der Waals surface area contributed by atoms with Crippen LogP contribution in [-0.4, -0.2) is 30.3 Å². The lowest BCUT2D eigenvalue weighted by atomic mass is 10.0. The molecule has 1 saturated carbocycles. The number of aliphatic hydroxyl groups is 1.